The molecular weight excluding hydrogens is 240 g/mol. The largest absolute Gasteiger partial charge is 0.445 e. The van der Waals surface area contributed by atoms with Gasteiger partial charge in [0, 0.05) is 13.6 Å². The maximum absolute atomic E-state index is 11.9. The number of carbonyl (C=O) groups is 1. The first-order chi connectivity index (χ1) is 9.25. The summed E-state index contributed by atoms with van der Waals surface area (Å²) >= 11 is 0. The third kappa shape index (κ3) is 4.56. The third-order valence-corrected chi connectivity index (χ3v) is 3.51. The molecule has 1 saturated heterocycles. The summed E-state index contributed by atoms with van der Waals surface area (Å²) in [5.74, 6) is 0.593. The molecular formula is C15H22N2O2. The van der Waals surface area contributed by atoms with Gasteiger partial charge in [0.2, 0.25) is 0 Å². The number of hydrogen-bond donors (Lipinski definition) is 1. The summed E-state index contributed by atoms with van der Waals surface area (Å²) in [4.78, 5) is 13.6. The van der Waals surface area contributed by atoms with Crippen molar-refractivity contribution < 1.29 is 9.53 Å². The van der Waals surface area contributed by atoms with Crippen LogP contribution in [0.25, 0.3) is 0 Å². The van der Waals surface area contributed by atoms with Crippen LogP contribution in [0.3, 0.4) is 0 Å². The number of rotatable bonds is 4. The summed E-state index contributed by atoms with van der Waals surface area (Å²) in [5, 5.41) is 3.33. The lowest BCUT2D eigenvalue weighted by molar-refractivity contribution is 0.0972. The van der Waals surface area contributed by atoms with Crippen LogP contribution in [0.1, 0.15) is 18.4 Å². The van der Waals surface area contributed by atoms with Crippen LogP contribution in [0.15, 0.2) is 30.3 Å². The van der Waals surface area contributed by atoms with E-state index in [0.717, 1.165) is 38.0 Å². The number of nitrogens with zero attached hydrogens (tertiary/aromatic N) is 1. The smallest absolute Gasteiger partial charge is 0.409 e. The van der Waals surface area contributed by atoms with E-state index in [0.29, 0.717) is 12.5 Å². The van der Waals surface area contributed by atoms with Crippen LogP contribution in [0.5, 0.6) is 0 Å². The minimum Gasteiger partial charge on any atom is -0.445 e. The number of piperidine rings is 1. The first-order valence-corrected chi connectivity index (χ1v) is 6.88. The zero-order valence-electron chi connectivity index (χ0n) is 11.5. The molecule has 0 saturated carbocycles. The predicted molar refractivity (Wildman–Crippen MR) is 74.9 cm³/mol. The van der Waals surface area contributed by atoms with Gasteiger partial charge in [0.1, 0.15) is 6.61 Å². The number of nitrogens with one attached hydrogen (secondary N) is 1. The highest BCUT2D eigenvalue weighted by Gasteiger charge is 2.18. The van der Waals surface area contributed by atoms with E-state index < -0.39 is 0 Å². The Morgan fingerprint density at radius 2 is 2.00 bits per heavy atom. The number of carbonyl (C=O) groups excluding carboxylic acids is 1. The van der Waals surface area contributed by atoms with E-state index in [-0.39, 0.29) is 6.09 Å². The monoisotopic (exact) mass is 262 g/mol. The summed E-state index contributed by atoms with van der Waals surface area (Å²) in [7, 11) is 1.81. The van der Waals surface area contributed by atoms with Crippen molar-refractivity contribution in [2.75, 3.05) is 26.7 Å². The second-order valence-electron chi connectivity index (χ2n) is 5.11. The normalized spacial score (nSPS) is 16.1. The Morgan fingerprint density at radius 3 is 2.68 bits per heavy atom. The van der Waals surface area contributed by atoms with Crippen molar-refractivity contribution in [3.05, 3.63) is 35.9 Å². The zero-order chi connectivity index (χ0) is 13.5. The molecule has 0 aliphatic carbocycles. The molecule has 0 radical (unpaired) electrons. The third-order valence-electron chi connectivity index (χ3n) is 3.51. The van der Waals surface area contributed by atoms with Gasteiger partial charge in [0.05, 0.1) is 0 Å². The Morgan fingerprint density at radius 1 is 1.32 bits per heavy atom. The molecule has 4 nitrogen and oxygen atoms in total. The van der Waals surface area contributed by atoms with Crippen LogP contribution in [-0.4, -0.2) is 37.7 Å². The Labute approximate surface area is 114 Å². The van der Waals surface area contributed by atoms with Crippen molar-refractivity contribution >= 4 is 6.09 Å². The first-order valence-electron chi connectivity index (χ1n) is 6.88. The van der Waals surface area contributed by atoms with Crippen molar-refractivity contribution in [3.8, 4) is 0 Å². The van der Waals surface area contributed by atoms with Crippen molar-refractivity contribution in [3.63, 3.8) is 0 Å². The van der Waals surface area contributed by atoms with Crippen LogP contribution in [0, 0.1) is 5.92 Å². The average molecular weight is 262 g/mol. The summed E-state index contributed by atoms with van der Waals surface area (Å²) in [6.07, 6.45) is 2.04. The standard InChI is InChI=1S/C15H22N2O2/c1-17(11-13-7-9-16-10-8-13)15(18)19-12-14-5-3-2-4-6-14/h2-6,13,16H,7-12H2,1H3. The topological polar surface area (TPSA) is 41.6 Å². The van der Waals surface area contributed by atoms with Gasteiger partial charge >= 0.3 is 6.09 Å². The first kappa shape index (κ1) is 13.9. The van der Waals surface area contributed by atoms with Gasteiger partial charge in [-0.15, -0.1) is 0 Å². The van der Waals surface area contributed by atoms with Gasteiger partial charge in [-0.25, -0.2) is 4.79 Å². The summed E-state index contributed by atoms with van der Waals surface area (Å²) in [6, 6.07) is 9.76. The number of ether oxygens (including phenoxy) is 1. The molecule has 4 heteroatoms. The molecule has 1 amide bonds. The van der Waals surface area contributed by atoms with Gasteiger partial charge in [-0.05, 0) is 37.4 Å². The van der Waals surface area contributed by atoms with Gasteiger partial charge < -0.3 is 15.0 Å². The van der Waals surface area contributed by atoms with Crippen LogP contribution < -0.4 is 5.32 Å². The molecule has 19 heavy (non-hydrogen) atoms. The average Bonchev–Trinajstić information content (AvgIpc) is 2.47. The fourth-order valence-corrected chi connectivity index (χ4v) is 2.36. The molecule has 0 spiro atoms. The lowest BCUT2D eigenvalue weighted by Gasteiger charge is -2.27. The fourth-order valence-electron chi connectivity index (χ4n) is 2.36. The summed E-state index contributed by atoms with van der Waals surface area (Å²) in [5.41, 5.74) is 1.02. The number of amides is 1. The highest BCUT2D eigenvalue weighted by Crippen LogP contribution is 2.13. The molecule has 1 aliphatic rings. The maximum atomic E-state index is 11.9. The van der Waals surface area contributed by atoms with E-state index in [2.05, 4.69) is 5.32 Å². The van der Waals surface area contributed by atoms with Crippen molar-refractivity contribution in [1.29, 1.82) is 0 Å². The van der Waals surface area contributed by atoms with Crippen molar-refractivity contribution in [2.24, 2.45) is 5.92 Å². The second-order valence-corrected chi connectivity index (χ2v) is 5.11. The predicted octanol–water partition coefficient (Wildman–Crippen LogP) is 2.25. The molecule has 1 aromatic rings. The van der Waals surface area contributed by atoms with Gasteiger partial charge in [0.15, 0.2) is 0 Å². The zero-order valence-corrected chi connectivity index (χ0v) is 11.5. The summed E-state index contributed by atoms with van der Waals surface area (Å²) in [6.45, 7) is 3.24. The molecule has 1 aliphatic heterocycles. The maximum Gasteiger partial charge on any atom is 0.409 e. The number of benzene rings is 1. The van der Waals surface area contributed by atoms with Crippen molar-refractivity contribution in [1.82, 2.24) is 10.2 Å². The molecule has 1 heterocycles. The molecule has 1 aromatic carbocycles. The van der Waals surface area contributed by atoms with E-state index in [1.807, 2.05) is 37.4 Å². The van der Waals surface area contributed by atoms with E-state index in [1.54, 1.807) is 4.90 Å². The molecule has 0 bridgehead atoms. The Kier molecular flexibility index (Phi) is 5.21. The SMILES string of the molecule is CN(CC1CCNCC1)C(=O)OCc1ccccc1. The van der Waals surface area contributed by atoms with E-state index in [9.17, 15) is 4.79 Å². The van der Waals surface area contributed by atoms with Crippen LogP contribution >= 0.6 is 0 Å². The van der Waals surface area contributed by atoms with E-state index >= 15 is 0 Å². The Hall–Kier alpha value is -1.55. The van der Waals surface area contributed by atoms with Gasteiger partial charge in [-0.2, -0.15) is 0 Å². The van der Waals surface area contributed by atoms with Crippen LogP contribution in [-0.2, 0) is 11.3 Å². The molecule has 2 rings (SSSR count). The number of hydrogen-bond acceptors (Lipinski definition) is 3. The molecule has 0 atom stereocenters. The molecule has 0 aromatic heterocycles. The van der Waals surface area contributed by atoms with Crippen molar-refractivity contribution in [2.45, 2.75) is 19.4 Å². The van der Waals surface area contributed by atoms with E-state index in [4.69, 9.17) is 4.74 Å². The molecule has 1 fully saturated rings. The molecule has 1 N–H and O–H groups in total. The highest BCUT2D eigenvalue weighted by molar-refractivity contribution is 5.67. The molecule has 104 valence electrons. The lowest BCUT2D eigenvalue weighted by atomic mass is 9.98. The lowest BCUT2D eigenvalue weighted by Crippen LogP contribution is -2.37. The summed E-state index contributed by atoms with van der Waals surface area (Å²) < 4.78 is 5.30. The quantitative estimate of drug-likeness (QED) is 0.905. The van der Waals surface area contributed by atoms with Gasteiger partial charge in [-0.3, -0.25) is 0 Å². The Balaban J connectivity index is 1.72. The van der Waals surface area contributed by atoms with Crippen LogP contribution in [0.2, 0.25) is 0 Å². The second kappa shape index (κ2) is 7.14. The minimum atomic E-state index is -0.234. The fraction of sp³-hybridized carbons (Fsp3) is 0.533. The van der Waals surface area contributed by atoms with Crippen LogP contribution in [0.4, 0.5) is 4.79 Å². The van der Waals surface area contributed by atoms with Gasteiger partial charge in [0.25, 0.3) is 0 Å². The minimum absolute atomic E-state index is 0.234. The highest BCUT2D eigenvalue weighted by atomic mass is 16.6. The Bertz CT molecular complexity index is 388. The van der Waals surface area contributed by atoms with Gasteiger partial charge in [-0.1, -0.05) is 30.3 Å². The molecule has 0 unspecified atom stereocenters. The van der Waals surface area contributed by atoms with E-state index in [1.165, 1.54) is 0 Å².